The van der Waals surface area contributed by atoms with Crippen LogP contribution in [0.15, 0.2) is 36.4 Å². The third-order valence-corrected chi connectivity index (χ3v) is 4.29. The normalized spacial score (nSPS) is 28.7. The van der Waals surface area contributed by atoms with Gasteiger partial charge in [0.1, 0.15) is 5.82 Å². The van der Waals surface area contributed by atoms with Crippen LogP contribution in [0.5, 0.6) is 0 Å². The first-order valence-electron chi connectivity index (χ1n) is 7.13. The van der Waals surface area contributed by atoms with Gasteiger partial charge in [-0.05, 0) is 44.4 Å². The Morgan fingerprint density at radius 2 is 2.18 bits per heavy atom. The number of aliphatic carboxylic acids is 1. The van der Waals surface area contributed by atoms with E-state index in [1.54, 1.807) is 19.1 Å². The van der Waals surface area contributed by atoms with Crippen LogP contribution in [-0.2, 0) is 20.7 Å². The second-order valence-corrected chi connectivity index (χ2v) is 5.80. The van der Waals surface area contributed by atoms with Crippen LogP contribution >= 0.6 is 0 Å². The molecular weight excluding hydrogens is 287 g/mol. The van der Waals surface area contributed by atoms with Gasteiger partial charge in [0.25, 0.3) is 0 Å². The minimum absolute atomic E-state index is 0.173. The largest absolute Gasteiger partial charge is 0.480 e. The number of carboxylic acids is 1. The van der Waals surface area contributed by atoms with Crippen molar-refractivity contribution in [3.8, 4) is 0 Å². The summed E-state index contributed by atoms with van der Waals surface area (Å²) in [5, 5.41) is 9.48. The number of ketones is 1. The van der Waals surface area contributed by atoms with Crippen molar-refractivity contribution in [1.82, 2.24) is 0 Å². The number of ether oxygens (including phenoxy) is 1. The van der Waals surface area contributed by atoms with Crippen molar-refractivity contribution in [2.75, 3.05) is 0 Å². The van der Waals surface area contributed by atoms with Crippen LogP contribution in [0.2, 0.25) is 0 Å². The molecule has 0 aromatic heterocycles. The van der Waals surface area contributed by atoms with Gasteiger partial charge in [0, 0.05) is 5.57 Å². The molecule has 22 heavy (non-hydrogen) atoms. The number of Topliss-reactive ketones (excluding diaryl/α,β-unsaturated/α-hetero) is 1. The number of carbonyl (C=O) groups excluding carboxylic acids is 1. The van der Waals surface area contributed by atoms with E-state index in [2.05, 4.69) is 6.58 Å². The quantitative estimate of drug-likeness (QED) is 0.686. The monoisotopic (exact) mass is 306 g/mol. The summed E-state index contributed by atoms with van der Waals surface area (Å²) in [6.07, 6.45) is -0.549. The minimum Gasteiger partial charge on any atom is -0.480 e. The standard InChI is InChI=1S/C17H19FO4/c1-10-11(2)22-14(17(3,15(10)19)16(20)21)8-7-12-5-4-6-13(18)9-12/h4-6,9,11,14H,1,7-8H2,2-3H3,(H,20,21)/t11-,14+,17-/m1/s1. The molecule has 118 valence electrons. The van der Waals surface area contributed by atoms with Gasteiger partial charge in [-0.15, -0.1) is 0 Å². The van der Waals surface area contributed by atoms with Crippen LogP contribution in [-0.4, -0.2) is 29.1 Å². The molecular formula is C17H19FO4. The highest BCUT2D eigenvalue weighted by Gasteiger charge is 2.53. The van der Waals surface area contributed by atoms with Gasteiger partial charge in [0.2, 0.25) is 0 Å². The number of halogens is 1. The highest BCUT2D eigenvalue weighted by Crippen LogP contribution is 2.38. The van der Waals surface area contributed by atoms with Crippen LogP contribution in [0.25, 0.3) is 0 Å². The molecule has 0 radical (unpaired) electrons. The Morgan fingerprint density at radius 3 is 2.77 bits per heavy atom. The fourth-order valence-electron chi connectivity index (χ4n) is 2.71. The Morgan fingerprint density at radius 1 is 1.50 bits per heavy atom. The predicted molar refractivity (Wildman–Crippen MR) is 78.9 cm³/mol. The lowest BCUT2D eigenvalue weighted by Crippen LogP contribution is -2.54. The molecule has 0 saturated carbocycles. The molecule has 2 rings (SSSR count). The Balaban J connectivity index is 2.21. The van der Waals surface area contributed by atoms with E-state index in [0.29, 0.717) is 12.8 Å². The molecule has 1 saturated heterocycles. The van der Waals surface area contributed by atoms with Crippen LogP contribution in [0.3, 0.4) is 0 Å². The molecule has 1 aliphatic heterocycles. The molecule has 0 aliphatic carbocycles. The first kappa shape index (κ1) is 16.4. The van der Waals surface area contributed by atoms with Crippen molar-refractivity contribution in [3.63, 3.8) is 0 Å². The Hall–Kier alpha value is -2.01. The SMILES string of the molecule is C=C1C(=O)[C@](C)(C(=O)O)[C@H](CCc2cccc(F)c2)O[C@@H]1C. The lowest BCUT2D eigenvalue weighted by Gasteiger charge is -2.40. The molecule has 1 N–H and O–H groups in total. The van der Waals surface area contributed by atoms with Gasteiger partial charge in [-0.1, -0.05) is 18.7 Å². The molecule has 0 amide bonds. The van der Waals surface area contributed by atoms with Gasteiger partial charge < -0.3 is 9.84 Å². The number of carboxylic acid groups (broad SMARTS) is 1. The van der Waals surface area contributed by atoms with Gasteiger partial charge in [-0.25, -0.2) is 4.39 Å². The van der Waals surface area contributed by atoms with Crippen molar-refractivity contribution in [3.05, 3.63) is 47.8 Å². The molecule has 1 fully saturated rings. The van der Waals surface area contributed by atoms with Gasteiger partial charge in [0.05, 0.1) is 12.2 Å². The smallest absolute Gasteiger partial charge is 0.319 e. The molecule has 1 aliphatic rings. The number of rotatable bonds is 4. The first-order valence-corrected chi connectivity index (χ1v) is 7.13. The van der Waals surface area contributed by atoms with Crippen molar-refractivity contribution in [2.24, 2.45) is 5.41 Å². The minimum atomic E-state index is -1.66. The molecule has 5 heteroatoms. The molecule has 1 heterocycles. The van der Waals surface area contributed by atoms with Crippen molar-refractivity contribution >= 4 is 11.8 Å². The number of hydrogen-bond acceptors (Lipinski definition) is 3. The molecule has 0 spiro atoms. The molecule has 4 nitrogen and oxygen atoms in total. The van der Waals surface area contributed by atoms with Crippen LogP contribution in [0.1, 0.15) is 25.8 Å². The van der Waals surface area contributed by atoms with Crippen molar-refractivity contribution in [1.29, 1.82) is 0 Å². The van der Waals surface area contributed by atoms with E-state index in [1.807, 2.05) is 0 Å². The first-order chi connectivity index (χ1) is 10.3. The van der Waals surface area contributed by atoms with E-state index in [1.165, 1.54) is 19.1 Å². The van der Waals surface area contributed by atoms with Crippen LogP contribution < -0.4 is 0 Å². The Kier molecular flexibility index (Phi) is 4.47. The highest BCUT2D eigenvalue weighted by atomic mass is 19.1. The third-order valence-electron chi connectivity index (χ3n) is 4.29. The summed E-state index contributed by atoms with van der Waals surface area (Å²) in [6, 6.07) is 6.09. The molecule has 1 aromatic carbocycles. The van der Waals surface area contributed by atoms with Crippen molar-refractivity contribution in [2.45, 2.75) is 38.9 Å². The topological polar surface area (TPSA) is 63.6 Å². The Labute approximate surface area is 128 Å². The summed E-state index contributed by atoms with van der Waals surface area (Å²) in [4.78, 5) is 24.0. The van der Waals surface area contributed by atoms with Gasteiger partial charge in [0.15, 0.2) is 11.2 Å². The summed E-state index contributed by atoms with van der Waals surface area (Å²) in [5.74, 6) is -2.07. The maximum atomic E-state index is 13.2. The predicted octanol–water partition coefficient (Wildman–Crippen LogP) is 2.76. The summed E-state index contributed by atoms with van der Waals surface area (Å²) < 4.78 is 18.9. The molecule has 3 atom stereocenters. The average Bonchev–Trinajstić information content (AvgIpc) is 2.47. The van der Waals surface area contributed by atoms with Gasteiger partial charge >= 0.3 is 5.97 Å². The summed E-state index contributed by atoms with van der Waals surface area (Å²) >= 11 is 0. The number of benzene rings is 1. The Bertz CT molecular complexity index is 625. The summed E-state index contributed by atoms with van der Waals surface area (Å²) in [5.41, 5.74) is -0.746. The number of aryl methyl sites for hydroxylation is 1. The zero-order valence-corrected chi connectivity index (χ0v) is 12.6. The summed E-state index contributed by atoms with van der Waals surface area (Å²) in [7, 11) is 0. The number of hydrogen-bond donors (Lipinski definition) is 1. The maximum absolute atomic E-state index is 13.2. The molecule has 0 unspecified atom stereocenters. The molecule has 0 bridgehead atoms. The van der Waals surface area contributed by atoms with E-state index in [0.717, 1.165) is 5.56 Å². The fraction of sp³-hybridized carbons (Fsp3) is 0.412. The number of carbonyl (C=O) groups is 2. The maximum Gasteiger partial charge on any atom is 0.319 e. The van der Waals surface area contributed by atoms with Crippen LogP contribution in [0.4, 0.5) is 4.39 Å². The van der Waals surface area contributed by atoms with E-state index >= 15 is 0 Å². The fourth-order valence-corrected chi connectivity index (χ4v) is 2.71. The lowest BCUT2D eigenvalue weighted by atomic mass is 9.72. The molecule has 1 aromatic rings. The van der Waals surface area contributed by atoms with Crippen molar-refractivity contribution < 1.29 is 23.8 Å². The second-order valence-electron chi connectivity index (χ2n) is 5.80. The van der Waals surface area contributed by atoms with E-state index in [-0.39, 0.29) is 11.4 Å². The lowest BCUT2D eigenvalue weighted by molar-refractivity contribution is -0.172. The summed E-state index contributed by atoms with van der Waals surface area (Å²) in [6.45, 7) is 6.67. The van der Waals surface area contributed by atoms with E-state index in [9.17, 15) is 19.1 Å². The average molecular weight is 306 g/mol. The highest BCUT2D eigenvalue weighted by molar-refractivity contribution is 6.12. The second kappa shape index (κ2) is 6.01. The van der Waals surface area contributed by atoms with E-state index < -0.39 is 29.4 Å². The van der Waals surface area contributed by atoms with Gasteiger partial charge in [-0.3, -0.25) is 9.59 Å². The van der Waals surface area contributed by atoms with Gasteiger partial charge in [-0.2, -0.15) is 0 Å². The zero-order chi connectivity index (χ0) is 16.5. The van der Waals surface area contributed by atoms with E-state index in [4.69, 9.17) is 4.74 Å². The third kappa shape index (κ3) is 2.81. The van der Waals surface area contributed by atoms with Crippen LogP contribution in [0, 0.1) is 11.2 Å². The zero-order valence-electron chi connectivity index (χ0n) is 12.6.